The van der Waals surface area contributed by atoms with Crippen LogP contribution in [0.2, 0.25) is 0 Å². The SMILES string of the molecule is N#[N+]/C=C(/O)N[C@@H](Cc1ccccc1)C(=O)NCCCc1ccccc1. The maximum absolute atomic E-state index is 12.5. The quantitative estimate of drug-likeness (QED) is 0.368. The first-order valence-corrected chi connectivity index (χ1v) is 8.54. The van der Waals surface area contributed by atoms with Gasteiger partial charge >= 0.3 is 6.20 Å². The molecule has 26 heavy (non-hydrogen) atoms. The van der Waals surface area contributed by atoms with Gasteiger partial charge in [0.25, 0.3) is 5.88 Å². The molecule has 0 aromatic heterocycles. The van der Waals surface area contributed by atoms with Crippen LogP contribution in [0.25, 0.3) is 4.98 Å². The number of diazo groups is 1. The third-order valence-corrected chi connectivity index (χ3v) is 3.89. The van der Waals surface area contributed by atoms with Crippen molar-refractivity contribution in [2.45, 2.75) is 25.3 Å². The summed E-state index contributed by atoms with van der Waals surface area (Å²) in [4.78, 5) is 15.3. The minimum atomic E-state index is -0.674. The van der Waals surface area contributed by atoms with Gasteiger partial charge in [-0.2, -0.15) is 0 Å². The molecular weight excluding hydrogens is 328 g/mol. The van der Waals surface area contributed by atoms with Crippen molar-refractivity contribution in [3.63, 3.8) is 0 Å². The average Bonchev–Trinajstić information content (AvgIpc) is 2.66. The molecule has 6 nitrogen and oxygen atoms in total. The molecule has 1 atom stereocenters. The lowest BCUT2D eigenvalue weighted by atomic mass is 10.1. The molecule has 0 bridgehead atoms. The fourth-order valence-corrected chi connectivity index (χ4v) is 2.60. The van der Waals surface area contributed by atoms with E-state index in [4.69, 9.17) is 5.39 Å². The normalized spacial score (nSPS) is 12.0. The van der Waals surface area contributed by atoms with Crippen LogP contribution in [-0.2, 0) is 17.6 Å². The first kappa shape index (κ1) is 19.0. The summed E-state index contributed by atoms with van der Waals surface area (Å²) in [5.74, 6) is -0.590. The van der Waals surface area contributed by atoms with Gasteiger partial charge in [0, 0.05) is 13.0 Å². The predicted molar refractivity (Wildman–Crippen MR) is 101 cm³/mol. The number of hydrogen-bond donors (Lipinski definition) is 3. The Balaban J connectivity index is 1.89. The van der Waals surface area contributed by atoms with Crippen molar-refractivity contribution >= 4 is 5.91 Å². The predicted octanol–water partition coefficient (Wildman–Crippen LogP) is 3.15. The molecule has 0 saturated heterocycles. The number of aliphatic hydroxyl groups is 1. The molecule has 3 N–H and O–H groups in total. The maximum atomic E-state index is 12.5. The number of nitrogens with zero attached hydrogens (tertiary/aromatic N) is 2. The average molecular weight is 351 g/mol. The molecular formula is C20H23N4O2+. The van der Waals surface area contributed by atoms with Gasteiger partial charge < -0.3 is 15.7 Å². The lowest BCUT2D eigenvalue weighted by molar-refractivity contribution is -0.123. The number of aryl methyl sites for hydroxylation is 1. The van der Waals surface area contributed by atoms with E-state index in [0.717, 1.165) is 24.6 Å². The lowest BCUT2D eigenvalue weighted by Crippen LogP contribution is -2.45. The Morgan fingerprint density at radius 2 is 1.69 bits per heavy atom. The minimum absolute atomic E-state index is 0.222. The van der Waals surface area contributed by atoms with E-state index in [-0.39, 0.29) is 11.8 Å². The summed E-state index contributed by atoms with van der Waals surface area (Å²) < 4.78 is 0. The van der Waals surface area contributed by atoms with Gasteiger partial charge in [-0.15, -0.1) is 0 Å². The molecule has 0 saturated carbocycles. The summed E-state index contributed by atoms with van der Waals surface area (Å²) in [6.45, 7) is 0.537. The lowest BCUT2D eigenvalue weighted by Gasteiger charge is -2.18. The van der Waals surface area contributed by atoms with E-state index >= 15 is 0 Å². The Bertz CT molecular complexity index is 754. The van der Waals surface area contributed by atoms with Crippen LogP contribution in [0, 0.1) is 5.39 Å². The van der Waals surface area contributed by atoms with Gasteiger partial charge in [-0.05, 0) is 24.0 Å². The second kappa shape index (κ2) is 10.5. The zero-order chi connectivity index (χ0) is 18.6. The van der Waals surface area contributed by atoms with Gasteiger partial charge in [-0.1, -0.05) is 60.7 Å². The van der Waals surface area contributed by atoms with E-state index in [9.17, 15) is 9.90 Å². The molecule has 1 amide bonds. The zero-order valence-electron chi connectivity index (χ0n) is 14.5. The summed E-state index contributed by atoms with van der Waals surface area (Å²) in [7, 11) is 0. The summed E-state index contributed by atoms with van der Waals surface area (Å²) in [6.07, 6.45) is 2.95. The largest absolute Gasteiger partial charge is 0.490 e. The number of aliphatic hydroxyl groups excluding tert-OH is 1. The van der Waals surface area contributed by atoms with Crippen LogP contribution in [0.1, 0.15) is 17.5 Å². The van der Waals surface area contributed by atoms with Crippen LogP contribution in [0.4, 0.5) is 0 Å². The van der Waals surface area contributed by atoms with Crippen molar-refractivity contribution in [3.05, 3.63) is 88.8 Å². The third-order valence-electron chi connectivity index (χ3n) is 3.89. The molecule has 2 rings (SSSR count). The first-order chi connectivity index (χ1) is 12.7. The summed E-state index contributed by atoms with van der Waals surface area (Å²) >= 11 is 0. The molecule has 0 fully saturated rings. The van der Waals surface area contributed by atoms with Crippen LogP contribution in [0.5, 0.6) is 0 Å². The van der Waals surface area contributed by atoms with E-state index in [0.29, 0.717) is 13.0 Å². The van der Waals surface area contributed by atoms with Gasteiger partial charge in [-0.3, -0.25) is 4.79 Å². The van der Waals surface area contributed by atoms with Crippen LogP contribution < -0.4 is 10.6 Å². The molecule has 0 radical (unpaired) electrons. The topological polar surface area (TPSA) is 89.5 Å². The third kappa shape index (κ3) is 6.65. The fraction of sp³-hybridized carbons (Fsp3) is 0.250. The Hall–Kier alpha value is -3.33. The molecule has 0 heterocycles. The fourth-order valence-electron chi connectivity index (χ4n) is 2.60. The smallest absolute Gasteiger partial charge is 0.409 e. The van der Waals surface area contributed by atoms with Gasteiger partial charge in [0.2, 0.25) is 11.3 Å². The number of carbonyl (C=O) groups is 1. The number of rotatable bonds is 9. The van der Waals surface area contributed by atoms with Crippen molar-refractivity contribution in [1.29, 1.82) is 5.39 Å². The van der Waals surface area contributed by atoms with Crippen LogP contribution in [0.15, 0.2) is 72.7 Å². The Kier molecular flexibility index (Phi) is 7.69. The molecule has 0 aliphatic heterocycles. The maximum Gasteiger partial charge on any atom is 0.409 e. The van der Waals surface area contributed by atoms with Crippen molar-refractivity contribution in [2.24, 2.45) is 0 Å². The molecule has 6 heteroatoms. The molecule has 134 valence electrons. The molecule has 2 aromatic carbocycles. The van der Waals surface area contributed by atoms with Crippen molar-refractivity contribution in [1.82, 2.24) is 10.6 Å². The molecule has 0 aliphatic rings. The second-order valence-corrected chi connectivity index (χ2v) is 5.90. The summed E-state index contributed by atoms with van der Waals surface area (Å²) in [6, 6.07) is 18.9. The highest BCUT2D eigenvalue weighted by atomic mass is 16.3. The summed E-state index contributed by atoms with van der Waals surface area (Å²) in [5, 5.41) is 23.8. The van der Waals surface area contributed by atoms with Gasteiger partial charge in [0.1, 0.15) is 6.04 Å². The Labute approximate surface area is 153 Å². The van der Waals surface area contributed by atoms with Crippen molar-refractivity contribution < 1.29 is 9.90 Å². The van der Waals surface area contributed by atoms with E-state index < -0.39 is 6.04 Å². The molecule has 2 aromatic rings. The van der Waals surface area contributed by atoms with Crippen molar-refractivity contribution in [2.75, 3.05) is 6.54 Å². The first-order valence-electron chi connectivity index (χ1n) is 8.54. The highest BCUT2D eigenvalue weighted by molar-refractivity contribution is 5.82. The molecule has 0 spiro atoms. The standard InChI is InChI=1S/C20H22N4O2/c21-23-15-19(25)24-18(14-17-10-5-2-6-11-17)20(26)22-13-7-12-16-8-3-1-4-9-16/h1-6,8-11,15,18,24H,7,12-14H2,(H-,22,25,26)/p+1/b19-15+/t18-/m0/s1. The molecule has 0 aliphatic carbocycles. The minimum Gasteiger partial charge on any atom is -0.490 e. The highest BCUT2D eigenvalue weighted by Gasteiger charge is 2.20. The molecule has 0 unspecified atom stereocenters. The number of nitrogens with one attached hydrogen (secondary N) is 2. The second-order valence-electron chi connectivity index (χ2n) is 5.90. The van der Waals surface area contributed by atoms with Gasteiger partial charge in [0.15, 0.2) is 4.98 Å². The highest BCUT2D eigenvalue weighted by Crippen LogP contribution is 2.06. The zero-order valence-corrected chi connectivity index (χ0v) is 14.5. The number of carbonyl (C=O) groups excluding carboxylic acids is 1. The van der Waals surface area contributed by atoms with E-state index in [1.807, 2.05) is 48.5 Å². The van der Waals surface area contributed by atoms with Crippen LogP contribution in [0.3, 0.4) is 0 Å². The van der Waals surface area contributed by atoms with Gasteiger partial charge in [-0.25, -0.2) is 0 Å². The van der Waals surface area contributed by atoms with Crippen LogP contribution in [-0.4, -0.2) is 23.6 Å². The van der Waals surface area contributed by atoms with E-state index in [1.165, 1.54) is 5.56 Å². The van der Waals surface area contributed by atoms with E-state index in [2.05, 4.69) is 27.7 Å². The number of amides is 1. The Morgan fingerprint density at radius 3 is 2.31 bits per heavy atom. The monoisotopic (exact) mass is 351 g/mol. The van der Waals surface area contributed by atoms with Crippen LogP contribution >= 0.6 is 0 Å². The Morgan fingerprint density at radius 1 is 1.08 bits per heavy atom. The summed E-state index contributed by atoms with van der Waals surface area (Å²) in [5.41, 5.74) is 2.18. The van der Waals surface area contributed by atoms with Gasteiger partial charge in [0.05, 0.1) is 0 Å². The number of hydrogen-bond acceptors (Lipinski definition) is 4. The number of benzene rings is 2. The van der Waals surface area contributed by atoms with Crippen molar-refractivity contribution in [3.8, 4) is 0 Å². The van der Waals surface area contributed by atoms with E-state index in [1.54, 1.807) is 0 Å².